The number of amides is 1. The number of hydrogen-bond acceptors (Lipinski definition) is 3. The number of hydrogen-bond donors (Lipinski definition) is 1. The second kappa shape index (κ2) is 6.69. The van der Waals surface area contributed by atoms with E-state index >= 15 is 0 Å². The Kier molecular flexibility index (Phi) is 4.64. The van der Waals surface area contributed by atoms with Crippen molar-refractivity contribution in [2.45, 2.75) is 13.0 Å². The first-order chi connectivity index (χ1) is 11.0. The lowest BCUT2D eigenvalue weighted by molar-refractivity contribution is 0.0940. The highest BCUT2D eigenvalue weighted by molar-refractivity contribution is 6.36. The molecule has 3 rings (SSSR count). The summed E-state index contributed by atoms with van der Waals surface area (Å²) in [5.74, 6) is 1.16. The maximum Gasteiger partial charge on any atom is 0.253 e. The van der Waals surface area contributed by atoms with Crippen LogP contribution in [0.3, 0.4) is 0 Å². The van der Waals surface area contributed by atoms with Crippen LogP contribution in [0.15, 0.2) is 36.4 Å². The Hall–Kier alpha value is -1.91. The molecule has 1 heterocycles. The van der Waals surface area contributed by atoms with Crippen LogP contribution in [-0.2, 0) is 0 Å². The van der Waals surface area contributed by atoms with Crippen molar-refractivity contribution in [1.29, 1.82) is 0 Å². The van der Waals surface area contributed by atoms with Crippen LogP contribution in [0.4, 0.5) is 0 Å². The third-order valence-electron chi connectivity index (χ3n) is 3.59. The van der Waals surface area contributed by atoms with Crippen molar-refractivity contribution in [3.05, 3.63) is 57.6 Å². The SMILES string of the molecule is CC(NC(=O)c1ccc(Cl)cc1Cl)c1ccc2c(c1)OCCO2. The number of carbonyl (C=O) groups is 1. The second-order valence-corrected chi connectivity index (χ2v) is 6.07. The van der Waals surface area contributed by atoms with E-state index in [-0.39, 0.29) is 11.9 Å². The predicted molar refractivity (Wildman–Crippen MR) is 89.8 cm³/mol. The number of carbonyl (C=O) groups excluding carboxylic acids is 1. The second-order valence-electron chi connectivity index (χ2n) is 5.22. The van der Waals surface area contributed by atoms with Gasteiger partial charge in [-0.2, -0.15) is 0 Å². The molecule has 0 spiro atoms. The van der Waals surface area contributed by atoms with E-state index in [0.717, 1.165) is 11.3 Å². The third-order valence-corrected chi connectivity index (χ3v) is 4.14. The van der Waals surface area contributed by atoms with E-state index in [4.69, 9.17) is 32.7 Å². The van der Waals surface area contributed by atoms with E-state index in [1.54, 1.807) is 18.2 Å². The highest BCUT2D eigenvalue weighted by Gasteiger charge is 2.17. The minimum atomic E-state index is -0.256. The van der Waals surface area contributed by atoms with Gasteiger partial charge in [-0.1, -0.05) is 29.3 Å². The van der Waals surface area contributed by atoms with Crippen molar-refractivity contribution < 1.29 is 14.3 Å². The molecule has 6 heteroatoms. The van der Waals surface area contributed by atoms with E-state index in [9.17, 15) is 4.79 Å². The Bertz CT molecular complexity index is 749. The Morgan fingerprint density at radius 3 is 2.57 bits per heavy atom. The molecule has 1 atom stereocenters. The first-order valence-electron chi connectivity index (χ1n) is 7.20. The molecule has 0 saturated heterocycles. The zero-order valence-electron chi connectivity index (χ0n) is 12.4. The average molecular weight is 352 g/mol. The number of nitrogens with one attached hydrogen (secondary N) is 1. The maximum atomic E-state index is 12.4. The number of ether oxygens (including phenoxy) is 2. The standard InChI is InChI=1S/C17H15Cl2NO3/c1-10(11-2-5-15-16(8-11)23-7-6-22-15)20-17(21)13-4-3-12(18)9-14(13)19/h2-5,8-10H,6-7H2,1H3,(H,20,21). The monoisotopic (exact) mass is 351 g/mol. The van der Waals surface area contributed by atoms with Gasteiger partial charge < -0.3 is 14.8 Å². The first-order valence-corrected chi connectivity index (χ1v) is 7.95. The first kappa shape index (κ1) is 16.0. The van der Waals surface area contributed by atoms with Crippen LogP contribution in [0.2, 0.25) is 10.0 Å². The fraction of sp³-hybridized carbons (Fsp3) is 0.235. The molecule has 1 amide bonds. The Balaban J connectivity index is 1.76. The van der Waals surface area contributed by atoms with Crippen molar-refractivity contribution in [1.82, 2.24) is 5.32 Å². The van der Waals surface area contributed by atoms with Crippen molar-refractivity contribution in [3.63, 3.8) is 0 Å². The van der Waals surface area contributed by atoms with Crippen molar-refractivity contribution in [3.8, 4) is 11.5 Å². The van der Waals surface area contributed by atoms with Crippen LogP contribution < -0.4 is 14.8 Å². The molecule has 2 aromatic rings. The normalized spacial score (nSPS) is 14.2. The summed E-state index contributed by atoms with van der Waals surface area (Å²) in [5.41, 5.74) is 1.31. The summed E-state index contributed by atoms with van der Waals surface area (Å²) in [5, 5.41) is 3.73. The molecule has 1 aliphatic rings. The lowest BCUT2D eigenvalue weighted by Crippen LogP contribution is -2.27. The molecular formula is C17H15Cl2NO3. The summed E-state index contributed by atoms with van der Waals surface area (Å²) < 4.78 is 11.1. The highest BCUT2D eigenvalue weighted by atomic mass is 35.5. The van der Waals surface area contributed by atoms with Crippen LogP contribution >= 0.6 is 23.2 Å². The molecule has 0 aliphatic carbocycles. The van der Waals surface area contributed by atoms with Crippen molar-refractivity contribution in [2.24, 2.45) is 0 Å². The van der Waals surface area contributed by atoms with Gasteiger partial charge in [-0.15, -0.1) is 0 Å². The van der Waals surface area contributed by atoms with Crippen molar-refractivity contribution in [2.75, 3.05) is 13.2 Å². The summed E-state index contributed by atoms with van der Waals surface area (Å²) in [6, 6.07) is 10.2. The van der Waals surface area contributed by atoms with Crippen LogP contribution in [0.25, 0.3) is 0 Å². The van der Waals surface area contributed by atoms with Gasteiger partial charge in [0.25, 0.3) is 5.91 Å². The number of fused-ring (bicyclic) bond motifs is 1. The fourth-order valence-electron chi connectivity index (χ4n) is 2.36. The molecule has 23 heavy (non-hydrogen) atoms. The van der Waals surface area contributed by atoms with Gasteiger partial charge in [0.05, 0.1) is 16.6 Å². The van der Waals surface area contributed by atoms with Gasteiger partial charge in [-0.25, -0.2) is 0 Å². The Morgan fingerprint density at radius 2 is 1.83 bits per heavy atom. The highest BCUT2D eigenvalue weighted by Crippen LogP contribution is 2.32. The fourth-order valence-corrected chi connectivity index (χ4v) is 2.85. The molecule has 1 aliphatic heterocycles. The maximum absolute atomic E-state index is 12.4. The lowest BCUT2D eigenvalue weighted by atomic mass is 10.1. The third kappa shape index (κ3) is 3.54. The van der Waals surface area contributed by atoms with E-state index in [1.807, 2.05) is 25.1 Å². The van der Waals surface area contributed by atoms with Gasteiger partial charge in [0, 0.05) is 5.02 Å². The number of halogens is 2. The van der Waals surface area contributed by atoms with Gasteiger partial charge in [0.15, 0.2) is 11.5 Å². The van der Waals surface area contributed by atoms with Crippen LogP contribution in [0.1, 0.15) is 28.9 Å². The zero-order chi connectivity index (χ0) is 16.4. The van der Waals surface area contributed by atoms with E-state index in [2.05, 4.69) is 5.32 Å². The summed E-state index contributed by atoms with van der Waals surface area (Å²) >= 11 is 11.9. The smallest absolute Gasteiger partial charge is 0.253 e. The molecule has 120 valence electrons. The molecule has 0 aromatic heterocycles. The van der Waals surface area contributed by atoms with Gasteiger partial charge >= 0.3 is 0 Å². The molecule has 0 bridgehead atoms. The average Bonchev–Trinajstić information content (AvgIpc) is 2.54. The minimum absolute atomic E-state index is 0.204. The van der Waals surface area contributed by atoms with Crippen LogP contribution in [-0.4, -0.2) is 19.1 Å². The minimum Gasteiger partial charge on any atom is -0.486 e. The van der Waals surface area contributed by atoms with Gasteiger partial charge in [-0.3, -0.25) is 4.79 Å². The Morgan fingerprint density at radius 1 is 1.09 bits per heavy atom. The summed E-state index contributed by atoms with van der Waals surface area (Å²) in [6.45, 7) is 2.97. The van der Waals surface area contributed by atoms with Crippen LogP contribution in [0, 0.1) is 0 Å². The topological polar surface area (TPSA) is 47.6 Å². The quantitative estimate of drug-likeness (QED) is 0.898. The van der Waals surface area contributed by atoms with Gasteiger partial charge in [0.2, 0.25) is 0 Å². The predicted octanol–water partition coefficient (Wildman–Crippen LogP) is 4.26. The molecule has 0 radical (unpaired) electrons. The summed E-state index contributed by atoms with van der Waals surface area (Å²) in [4.78, 5) is 12.4. The number of benzene rings is 2. The van der Waals surface area contributed by atoms with E-state index in [1.165, 1.54) is 0 Å². The summed E-state index contributed by atoms with van der Waals surface area (Å²) in [7, 11) is 0. The van der Waals surface area contributed by atoms with Gasteiger partial charge in [-0.05, 0) is 42.8 Å². The molecule has 4 nitrogen and oxygen atoms in total. The Labute approximate surface area is 144 Å². The molecule has 2 aromatic carbocycles. The molecule has 1 N–H and O–H groups in total. The molecular weight excluding hydrogens is 337 g/mol. The van der Waals surface area contributed by atoms with Gasteiger partial charge in [0.1, 0.15) is 13.2 Å². The summed E-state index contributed by atoms with van der Waals surface area (Å²) in [6.07, 6.45) is 0. The lowest BCUT2D eigenvalue weighted by Gasteiger charge is -2.21. The number of rotatable bonds is 3. The van der Waals surface area contributed by atoms with Crippen molar-refractivity contribution >= 4 is 29.1 Å². The molecule has 0 saturated carbocycles. The van der Waals surface area contributed by atoms with E-state index < -0.39 is 0 Å². The largest absolute Gasteiger partial charge is 0.486 e. The van der Waals surface area contributed by atoms with E-state index in [0.29, 0.717) is 34.6 Å². The molecule has 1 unspecified atom stereocenters. The molecule has 0 fully saturated rings. The zero-order valence-corrected chi connectivity index (χ0v) is 13.9. The van der Waals surface area contributed by atoms with Crippen LogP contribution in [0.5, 0.6) is 11.5 Å².